The number of benzene rings is 2. The van der Waals surface area contributed by atoms with Crippen molar-refractivity contribution in [3.05, 3.63) is 58.7 Å². The summed E-state index contributed by atoms with van der Waals surface area (Å²) in [5, 5.41) is 0. The van der Waals surface area contributed by atoms with Gasteiger partial charge in [0.05, 0.1) is 0 Å². The molecule has 0 saturated carbocycles. The standard InChI is InChI=1S/C24H28N2O4/c25-20-13-15-3-1-6-23(24(15)18(20)8-10-28)30-12-11-29-22-5-2-4-16-17(7-9-27)21(26)14-19(16)22/h1-6,9-10,17-18,20-21H,7-8,11-14,25-26H2. The van der Waals surface area contributed by atoms with E-state index >= 15 is 0 Å². The van der Waals surface area contributed by atoms with E-state index in [1.807, 2.05) is 30.3 Å². The van der Waals surface area contributed by atoms with Crippen molar-refractivity contribution in [3.8, 4) is 11.5 Å². The average molecular weight is 408 g/mol. The smallest absolute Gasteiger partial charge is 0.123 e. The van der Waals surface area contributed by atoms with Crippen LogP contribution in [0.3, 0.4) is 0 Å². The van der Waals surface area contributed by atoms with Crippen LogP contribution in [0.4, 0.5) is 0 Å². The van der Waals surface area contributed by atoms with Crippen LogP contribution in [-0.4, -0.2) is 37.9 Å². The van der Waals surface area contributed by atoms with E-state index < -0.39 is 0 Å². The number of carbonyl (C=O) groups excluding carboxylic acids is 2. The van der Waals surface area contributed by atoms with E-state index in [1.54, 1.807) is 0 Å². The maximum Gasteiger partial charge on any atom is 0.123 e. The van der Waals surface area contributed by atoms with Crippen LogP contribution >= 0.6 is 0 Å². The molecule has 158 valence electrons. The topological polar surface area (TPSA) is 105 Å². The molecular formula is C24H28N2O4. The Morgan fingerprint density at radius 2 is 1.47 bits per heavy atom. The first-order valence-electron chi connectivity index (χ1n) is 10.5. The van der Waals surface area contributed by atoms with Crippen LogP contribution in [0.1, 0.15) is 46.9 Å². The fraction of sp³-hybridized carbons (Fsp3) is 0.417. The van der Waals surface area contributed by atoms with Gasteiger partial charge in [-0.2, -0.15) is 0 Å². The number of hydrogen-bond acceptors (Lipinski definition) is 6. The van der Waals surface area contributed by atoms with Gasteiger partial charge in [0.15, 0.2) is 0 Å². The molecule has 2 aliphatic rings. The third-order valence-electron chi connectivity index (χ3n) is 6.32. The van der Waals surface area contributed by atoms with E-state index in [2.05, 4.69) is 6.07 Å². The lowest BCUT2D eigenvalue weighted by molar-refractivity contribution is -0.109. The summed E-state index contributed by atoms with van der Waals surface area (Å²) >= 11 is 0. The largest absolute Gasteiger partial charge is 0.490 e. The summed E-state index contributed by atoms with van der Waals surface area (Å²) in [7, 11) is 0. The monoisotopic (exact) mass is 408 g/mol. The highest BCUT2D eigenvalue weighted by molar-refractivity contribution is 5.57. The molecule has 0 fully saturated rings. The van der Waals surface area contributed by atoms with E-state index in [0.29, 0.717) is 32.5 Å². The second kappa shape index (κ2) is 8.98. The molecule has 0 spiro atoms. The van der Waals surface area contributed by atoms with Crippen molar-refractivity contribution in [2.45, 2.75) is 49.6 Å². The molecule has 4 N–H and O–H groups in total. The average Bonchev–Trinajstić information content (AvgIpc) is 3.23. The summed E-state index contributed by atoms with van der Waals surface area (Å²) in [4.78, 5) is 22.1. The molecule has 4 rings (SSSR count). The predicted octanol–water partition coefficient (Wildman–Crippen LogP) is 2.26. The summed E-state index contributed by atoms with van der Waals surface area (Å²) in [6.07, 6.45) is 4.18. The van der Waals surface area contributed by atoms with Gasteiger partial charge in [-0.05, 0) is 41.7 Å². The first kappa shape index (κ1) is 20.6. The van der Waals surface area contributed by atoms with Crippen LogP contribution in [0.2, 0.25) is 0 Å². The molecule has 0 amide bonds. The van der Waals surface area contributed by atoms with Gasteiger partial charge in [0.2, 0.25) is 0 Å². The summed E-state index contributed by atoms with van der Waals surface area (Å²) in [6, 6.07) is 11.7. The van der Waals surface area contributed by atoms with Gasteiger partial charge in [-0.1, -0.05) is 24.3 Å². The summed E-state index contributed by atoms with van der Waals surface area (Å²) in [5.74, 6) is 1.65. The highest BCUT2D eigenvalue weighted by atomic mass is 16.5. The Morgan fingerprint density at radius 3 is 2.23 bits per heavy atom. The van der Waals surface area contributed by atoms with Gasteiger partial charge in [0.25, 0.3) is 0 Å². The highest BCUT2D eigenvalue weighted by Gasteiger charge is 2.33. The Hall–Kier alpha value is -2.70. The number of carbonyl (C=O) groups is 2. The summed E-state index contributed by atoms with van der Waals surface area (Å²) in [5.41, 5.74) is 16.9. The van der Waals surface area contributed by atoms with E-state index in [4.69, 9.17) is 20.9 Å². The van der Waals surface area contributed by atoms with Gasteiger partial charge in [-0.25, -0.2) is 0 Å². The molecular weight excluding hydrogens is 380 g/mol. The molecule has 6 heteroatoms. The third kappa shape index (κ3) is 3.85. The Labute approximate surface area is 176 Å². The highest BCUT2D eigenvalue weighted by Crippen LogP contribution is 2.41. The summed E-state index contributed by atoms with van der Waals surface area (Å²) in [6.45, 7) is 0.769. The van der Waals surface area contributed by atoms with Gasteiger partial charge in [-0.15, -0.1) is 0 Å². The fourth-order valence-electron chi connectivity index (χ4n) is 4.92. The van der Waals surface area contributed by atoms with Crippen molar-refractivity contribution in [3.63, 3.8) is 0 Å². The lowest BCUT2D eigenvalue weighted by Gasteiger charge is -2.18. The minimum atomic E-state index is -0.0583. The number of hydrogen-bond donors (Lipinski definition) is 2. The van der Waals surface area contributed by atoms with Gasteiger partial charge < -0.3 is 30.5 Å². The predicted molar refractivity (Wildman–Crippen MR) is 114 cm³/mol. The number of ether oxygens (including phenoxy) is 2. The van der Waals surface area contributed by atoms with Crippen LogP contribution < -0.4 is 20.9 Å². The molecule has 2 aliphatic carbocycles. The first-order chi connectivity index (χ1) is 14.6. The van der Waals surface area contributed by atoms with Crippen molar-refractivity contribution in [1.29, 1.82) is 0 Å². The molecule has 0 aromatic heterocycles. The van der Waals surface area contributed by atoms with Gasteiger partial charge >= 0.3 is 0 Å². The van der Waals surface area contributed by atoms with Crippen LogP contribution in [0.15, 0.2) is 36.4 Å². The third-order valence-corrected chi connectivity index (χ3v) is 6.32. The molecule has 0 saturated heterocycles. The van der Waals surface area contributed by atoms with Crippen LogP contribution in [0.25, 0.3) is 0 Å². The maximum atomic E-state index is 11.1. The maximum absolute atomic E-state index is 11.1. The molecule has 0 bridgehead atoms. The van der Waals surface area contributed by atoms with Gasteiger partial charge in [0.1, 0.15) is 37.3 Å². The van der Waals surface area contributed by atoms with Crippen molar-refractivity contribution >= 4 is 12.6 Å². The molecule has 30 heavy (non-hydrogen) atoms. The van der Waals surface area contributed by atoms with Crippen molar-refractivity contribution in [1.82, 2.24) is 0 Å². The second-order valence-corrected chi connectivity index (χ2v) is 8.10. The van der Waals surface area contributed by atoms with Gasteiger partial charge in [-0.3, -0.25) is 0 Å². The SMILES string of the molecule is NC1Cc2c(OCCOc3cccc4c3C(CC=O)C(N)C4)cccc2C1CC=O. The fourth-order valence-corrected chi connectivity index (χ4v) is 4.92. The molecule has 0 heterocycles. The molecule has 6 nitrogen and oxygen atoms in total. The molecule has 0 aliphatic heterocycles. The Morgan fingerprint density at radius 1 is 0.833 bits per heavy atom. The van der Waals surface area contributed by atoms with Crippen LogP contribution in [0.5, 0.6) is 11.5 Å². The molecule has 2 aromatic rings. The number of fused-ring (bicyclic) bond motifs is 2. The van der Waals surface area contributed by atoms with Crippen molar-refractivity contribution in [2.24, 2.45) is 11.5 Å². The second-order valence-electron chi connectivity index (χ2n) is 8.10. The van der Waals surface area contributed by atoms with E-state index in [0.717, 1.165) is 52.7 Å². The Bertz CT molecular complexity index is 929. The zero-order valence-electron chi connectivity index (χ0n) is 17.0. The number of aldehydes is 2. The molecule has 4 unspecified atom stereocenters. The van der Waals surface area contributed by atoms with E-state index in [9.17, 15) is 9.59 Å². The number of rotatable bonds is 9. The van der Waals surface area contributed by atoms with Crippen LogP contribution in [-0.2, 0) is 22.4 Å². The molecule has 2 aromatic carbocycles. The number of nitrogens with two attached hydrogens (primary N) is 2. The zero-order valence-corrected chi connectivity index (χ0v) is 17.0. The van der Waals surface area contributed by atoms with Gasteiger partial charge in [0, 0.05) is 42.3 Å². The first-order valence-corrected chi connectivity index (χ1v) is 10.5. The van der Waals surface area contributed by atoms with Crippen LogP contribution in [0, 0.1) is 0 Å². The molecule has 0 radical (unpaired) electrons. The lowest BCUT2D eigenvalue weighted by atomic mass is 9.95. The summed E-state index contributed by atoms with van der Waals surface area (Å²) < 4.78 is 12.0. The zero-order chi connectivity index (χ0) is 21.1. The lowest BCUT2D eigenvalue weighted by Crippen LogP contribution is -2.25. The Kier molecular flexibility index (Phi) is 6.16. The Balaban J connectivity index is 1.41. The van der Waals surface area contributed by atoms with Crippen molar-refractivity contribution < 1.29 is 19.1 Å². The van der Waals surface area contributed by atoms with E-state index in [-0.39, 0.29) is 23.9 Å². The minimum Gasteiger partial charge on any atom is -0.490 e. The van der Waals surface area contributed by atoms with E-state index in [1.165, 1.54) is 0 Å². The quantitative estimate of drug-likeness (QED) is 0.487. The van der Waals surface area contributed by atoms with Crippen molar-refractivity contribution in [2.75, 3.05) is 13.2 Å². The molecule has 4 atom stereocenters. The minimum absolute atomic E-state index is 0.00301. The normalized spacial score (nSPS) is 24.2.